The number of nitrogens with one attached hydrogen (secondary N) is 2. The summed E-state index contributed by atoms with van der Waals surface area (Å²) in [6, 6.07) is 22.9. The highest BCUT2D eigenvalue weighted by Gasteiger charge is 2.04. The Kier molecular flexibility index (Phi) is 7.72. The standard InChI is InChI=1S/C21H23N3O.HI/c1-22-21(24-15-19-9-5-6-10-20(19)25-2)23-14-16-11-12-17-7-3-4-8-18(17)13-16;/h3-13H,14-15H2,1-2H3,(H2,22,23,24);1H. The van der Waals surface area contributed by atoms with Gasteiger partial charge in [-0.1, -0.05) is 54.6 Å². The van der Waals surface area contributed by atoms with Crippen LogP contribution in [0.25, 0.3) is 10.8 Å². The third-order valence-electron chi connectivity index (χ3n) is 4.14. The molecular weight excluding hydrogens is 437 g/mol. The van der Waals surface area contributed by atoms with Crippen LogP contribution in [0.5, 0.6) is 5.75 Å². The summed E-state index contributed by atoms with van der Waals surface area (Å²) in [5.74, 6) is 1.64. The van der Waals surface area contributed by atoms with Gasteiger partial charge in [0.05, 0.1) is 7.11 Å². The second-order valence-corrected chi connectivity index (χ2v) is 5.77. The van der Waals surface area contributed by atoms with E-state index in [4.69, 9.17) is 4.74 Å². The van der Waals surface area contributed by atoms with Crippen LogP contribution < -0.4 is 15.4 Å². The Morgan fingerprint density at radius 2 is 1.58 bits per heavy atom. The van der Waals surface area contributed by atoms with Crippen molar-refractivity contribution in [3.05, 3.63) is 77.9 Å². The molecule has 0 amide bonds. The molecule has 136 valence electrons. The normalized spacial score (nSPS) is 10.9. The van der Waals surface area contributed by atoms with E-state index >= 15 is 0 Å². The van der Waals surface area contributed by atoms with E-state index in [0.717, 1.165) is 23.8 Å². The molecule has 5 heteroatoms. The molecule has 4 nitrogen and oxygen atoms in total. The average molecular weight is 461 g/mol. The van der Waals surface area contributed by atoms with E-state index in [1.54, 1.807) is 14.2 Å². The summed E-state index contributed by atoms with van der Waals surface area (Å²) in [4.78, 5) is 4.29. The van der Waals surface area contributed by atoms with E-state index in [2.05, 4.69) is 58.1 Å². The Bertz CT molecular complexity index is 880. The lowest BCUT2D eigenvalue weighted by Gasteiger charge is -2.14. The monoisotopic (exact) mass is 461 g/mol. The minimum atomic E-state index is 0. The van der Waals surface area contributed by atoms with Gasteiger partial charge in [0.2, 0.25) is 0 Å². The first-order chi connectivity index (χ1) is 12.3. The van der Waals surface area contributed by atoms with Crippen molar-refractivity contribution in [1.29, 1.82) is 0 Å². The van der Waals surface area contributed by atoms with Crippen LogP contribution in [-0.2, 0) is 13.1 Å². The van der Waals surface area contributed by atoms with E-state index < -0.39 is 0 Å². The lowest BCUT2D eigenvalue weighted by atomic mass is 10.1. The molecule has 0 bridgehead atoms. The Hall–Kier alpha value is -2.28. The van der Waals surface area contributed by atoms with E-state index in [-0.39, 0.29) is 24.0 Å². The highest BCUT2D eigenvalue weighted by molar-refractivity contribution is 14.0. The Balaban J connectivity index is 0.00000243. The van der Waals surface area contributed by atoms with Gasteiger partial charge in [-0.05, 0) is 28.5 Å². The molecule has 3 aromatic rings. The van der Waals surface area contributed by atoms with Crippen LogP contribution >= 0.6 is 24.0 Å². The second kappa shape index (κ2) is 10.0. The molecule has 0 saturated heterocycles. The maximum atomic E-state index is 5.38. The fourth-order valence-electron chi connectivity index (χ4n) is 2.78. The molecule has 2 N–H and O–H groups in total. The molecule has 0 radical (unpaired) electrons. The van der Waals surface area contributed by atoms with Crippen molar-refractivity contribution in [3.63, 3.8) is 0 Å². The summed E-state index contributed by atoms with van der Waals surface area (Å²) >= 11 is 0. The van der Waals surface area contributed by atoms with Gasteiger partial charge in [-0.25, -0.2) is 0 Å². The summed E-state index contributed by atoms with van der Waals surface area (Å²) in [5, 5.41) is 9.19. The lowest BCUT2D eigenvalue weighted by Crippen LogP contribution is -2.36. The van der Waals surface area contributed by atoms with Crippen molar-refractivity contribution >= 4 is 40.7 Å². The van der Waals surface area contributed by atoms with Crippen molar-refractivity contribution < 1.29 is 4.74 Å². The Morgan fingerprint density at radius 3 is 2.35 bits per heavy atom. The lowest BCUT2D eigenvalue weighted by molar-refractivity contribution is 0.409. The number of rotatable bonds is 5. The van der Waals surface area contributed by atoms with Crippen LogP contribution in [0.3, 0.4) is 0 Å². The van der Waals surface area contributed by atoms with Gasteiger partial charge in [-0.3, -0.25) is 4.99 Å². The van der Waals surface area contributed by atoms with Crippen LogP contribution in [0, 0.1) is 0 Å². The molecule has 26 heavy (non-hydrogen) atoms. The predicted molar refractivity (Wildman–Crippen MR) is 119 cm³/mol. The number of ether oxygens (including phenoxy) is 1. The van der Waals surface area contributed by atoms with Crippen LogP contribution in [-0.4, -0.2) is 20.1 Å². The molecule has 0 heterocycles. The third kappa shape index (κ3) is 5.11. The van der Waals surface area contributed by atoms with Gasteiger partial charge in [0.15, 0.2) is 5.96 Å². The number of nitrogens with zero attached hydrogens (tertiary/aromatic N) is 1. The zero-order chi connectivity index (χ0) is 17.5. The highest BCUT2D eigenvalue weighted by Crippen LogP contribution is 2.17. The van der Waals surface area contributed by atoms with Crippen molar-refractivity contribution in [2.75, 3.05) is 14.2 Å². The third-order valence-corrected chi connectivity index (χ3v) is 4.14. The van der Waals surface area contributed by atoms with E-state index in [9.17, 15) is 0 Å². The van der Waals surface area contributed by atoms with E-state index in [1.807, 2.05) is 24.3 Å². The smallest absolute Gasteiger partial charge is 0.191 e. The summed E-state index contributed by atoms with van der Waals surface area (Å²) in [6.07, 6.45) is 0. The number of guanidine groups is 1. The predicted octanol–water partition coefficient (Wildman–Crippen LogP) is 4.33. The van der Waals surface area contributed by atoms with Crippen LogP contribution in [0.1, 0.15) is 11.1 Å². The molecule has 0 atom stereocenters. The molecule has 0 aliphatic carbocycles. The first-order valence-corrected chi connectivity index (χ1v) is 8.34. The maximum Gasteiger partial charge on any atom is 0.191 e. The molecule has 3 rings (SSSR count). The van der Waals surface area contributed by atoms with Gasteiger partial charge in [0, 0.05) is 25.7 Å². The number of fused-ring (bicyclic) bond motifs is 1. The number of halogens is 1. The van der Waals surface area contributed by atoms with Crippen molar-refractivity contribution in [1.82, 2.24) is 10.6 Å². The maximum absolute atomic E-state index is 5.38. The molecule has 0 spiro atoms. The van der Waals surface area contributed by atoms with E-state index in [1.165, 1.54) is 16.3 Å². The van der Waals surface area contributed by atoms with Gasteiger partial charge in [0.25, 0.3) is 0 Å². The topological polar surface area (TPSA) is 45.7 Å². The van der Waals surface area contributed by atoms with Crippen molar-refractivity contribution in [2.45, 2.75) is 13.1 Å². The second-order valence-electron chi connectivity index (χ2n) is 5.77. The quantitative estimate of drug-likeness (QED) is 0.338. The first kappa shape index (κ1) is 20.0. The molecule has 0 aliphatic rings. The largest absolute Gasteiger partial charge is 0.496 e. The summed E-state index contributed by atoms with van der Waals surface area (Å²) < 4.78 is 5.38. The minimum absolute atomic E-state index is 0. The average Bonchev–Trinajstić information content (AvgIpc) is 2.68. The number of hydrogen-bond donors (Lipinski definition) is 2. The SMILES string of the molecule is CN=C(NCc1ccc2ccccc2c1)NCc1ccccc1OC.I. The molecule has 0 aliphatic heterocycles. The summed E-state index contributed by atoms with van der Waals surface area (Å²) in [7, 11) is 3.46. The fraction of sp³-hybridized carbons (Fsp3) is 0.190. The Labute approximate surface area is 171 Å². The van der Waals surface area contributed by atoms with Gasteiger partial charge in [0.1, 0.15) is 5.75 Å². The van der Waals surface area contributed by atoms with Gasteiger partial charge < -0.3 is 15.4 Å². The van der Waals surface area contributed by atoms with E-state index in [0.29, 0.717) is 6.54 Å². The van der Waals surface area contributed by atoms with Crippen LogP contribution in [0.4, 0.5) is 0 Å². The van der Waals surface area contributed by atoms with Crippen molar-refractivity contribution in [2.24, 2.45) is 4.99 Å². The first-order valence-electron chi connectivity index (χ1n) is 8.34. The van der Waals surface area contributed by atoms with Crippen LogP contribution in [0.15, 0.2) is 71.7 Å². The molecule has 0 fully saturated rings. The molecule has 3 aromatic carbocycles. The zero-order valence-corrected chi connectivity index (χ0v) is 17.4. The van der Waals surface area contributed by atoms with Gasteiger partial charge in [-0.2, -0.15) is 0 Å². The number of methoxy groups -OCH3 is 1. The van der Waals surface area contributed by atoms with Crippen molar-refractivity contribution in [3.8, 4) is 5.75 Å². The minimum Gasteiger partial charge on any atom is -0.496 e. The summed E-state index contributed by atoms with van der Waals surface area (Å²) in [6.45, 7) is 1.37. The number of benzene rings is 3. The van der Waals surface area contributed by atoms with Gasteiger partial charge >= 0.3 is 0 Å². The number of para-hydroxylation sites is 1. The molecule has 0 saturated carbocycles. The molecular formula is C21H24IN3O. The highest BCUT2D eigenvalue weighted by atomic mass is 127. The summed E-state index contributed by atoms with van der Waals surface area (Å²) in [5.41, 5.74) is 2.32. The van der Waals surface area contributed by atoms with Crippen LogP contribution in [0.2, 0.25) is 0 Å². The van der Waals surface area contributed by atoms with Gasteiger partial charge in [-0.15, -0.1) is 24.0 Å². The molecule has 0 unspecified atom stereocenters. The fourth-order valence-corrected chi connectivity index (χ4v) is 2.78. The number of aliphatic imine (C=N–C) groups is 1. The Morgan fingerprint density at radius 1 is 0.885 bits per heavy atom. The molecule has 0 aromatic heterocycles. The number of hydrogen-bond acceptors (Lipinski definition) is 2. The zero-order valence-electron chi connectivity index (χ0n) is 15.0.